The molecule has 1 unspecified atom stereocenters. The van der Waals surface area contributed by atoms with Crippen molar-refractivity contribution >= 4 is 46.6 Å². The summed E-state index contributed by atoms with van der Waals surface area (Å²) in [4.78, 5) is 64.1. The molecule has 3 aromatic heterocycles. The quantitative estimate of drug-likeness (QED) is 0.0858. The minimum absolute atomic E-state index is 0.0579. The van der Waals surface area contributed by atoms with Gasteiger partial charge in [-0.05, 0) is 49.9 Å². The molecule has 15 heteroatoms. The number of alkyl carbamates (subject to hydrolysis) is 1. The molecular formula is C37H36N6O7S2. The Bertz CT molecular complexity index is 2090. The van der Waals surface area contributed by atoms with E-state index in [9.17, 15) is 19.2 Å². The molecule has 3 N–H and O–H groups in total. The number of amides is 3. The Morgan fingerprint density at radius 3 is 2.02 bits per heavy atom. The molecule has 5 aromatic rings. The Morgan fingerprint density at radius 2 is 1.38 bits per heavy atom. The lowest BCUT2D eigenvalue weighted by Gasteiger charge is -2.16. The number of carbonyl (C=O) groups is 4. The molecular weight excluding hydrogens is 705 g/mol. The van der Waals surface area contributed by atoms with E-state index >= 15 is 0 Å². The van der Waals surface area contributed by atoms with Gasteiger partial charge in [0.05, 0.1) is 12.1 Å². The number of esters is 1. The number of fused-ring (bicyclic) bond motifs is 3. The number of carbonyl (C=O) groups excluding carboxylic acids is 4. The highest BCUT2D eigenvalue weighted by Crippen LogP contribution is 2.44. The number of nitrogens with zero attached hydrogens (tertiary/aromatic N) is 3. The molecule has 0 bridgehead atoms. The fourth-order valence-corrected chi connectivity index (χ4v) is 7.33. The molecule has 0 fully saturated rings. The van der Waals surface area contributed by atoms with E-state index in [4.69, 9.17) is 13.9 Å². The normalized spacial score (nSPS) is 13.6. The zero-order valence-corrected chi connectivity index (χ0v) is 30.4. The van der Waals surface area contributed by atoms with Gasteiger partial charge < -0.3 is 29.8 Å². The minimum Gasteiger partial charge on any atom is -0.457 e. The van der Waals surface area contributed by atoms with E-state index in [1.54, 1.807) is 38.5 Å². The molecule has 52 heavy (non-hydrogen) atoms. The number of rotatable bonds is 13. The van der Waals surface area contributed by atoms with Crippen molar-refractivity contribution in [3.05, 3.63) is 122 Å². The number of hydrogen-bond donors (Lipinski definition) is 3. The van der Waals surface area contributed by atoms with Crippen LogP contribution in [0, 0.1) is 6.92 Å². The Hall–Kier alpha value is -5.67. The summed E-state index contributed by atoms with van der Waals surface area (Å²) in [6.45, 7) is 10.5. The van der Waals surface area contributed by atoms with Crippen molar-refractivity contribution in [3.8, 4) is 11.1 Å². The summed E-state index contributed by atoms with van der Waals surface area (Å²) >= 11 is 2.44. The summed E-state index contributed by atoms with van der Waals surface area (Å²) in [5.41, 5.74) is 4.86. The highest BCUT2D eigenvalue weighted by molar-refractivity contribution is 7.10. The first-order valence-electron chi connectivity index (χ1n) is 16.4. The van der Waals surface area contributed by atoms with Crippen LogP contribution in [0.5, 0.6) is 0 Å². The van der Waals surface area contributed by atoms with Crippen LogP contribution < -0.4 is 16.0 Å². The van der Waals surface area contributed by atoms with Crippen molar-refractivity contribution in [2.24, 2.45) is 0 Å². The third-order valence-corrected chi connectivity index (χ3v) is 10.4. The molecule has 0 saturated heterocycles. The maximum atomic E-state index is 13.2. The van der Waals surface area contributed by atoms with E-state index in [1.165, 1.54) is 28.7 Å². The van der Waals surface area contributed by atoms with Gasteiger partial charge in [0.25, 0.3) is 11.8 Å². The van der Waals surface area contributed by atoms with Crippen LogP contribution in [-0.2, 0) is 9.47 Å². The lowest BCUT2D eigenvalue weighted by molar-refractivity contribution is 0.0543. The summed E-state index contributed by atoms with van der Waals surface area (Å²) in [7, 11) is 0. The molecule has 3 atom stereocenters. The van der Waals surface area contributed by atoms with Crippen LogP contribution in [0.3, 0.4) is 0 Å². The predicted molar refractivity (Wildman–Crippen MR) is 194 cm³/mol. The molecule has 268 valence electrons. The molecule has 6 rings (SSSR count). The third-order valence-electron chi connectivity index (χ3n) is 8.33. The van der Waals surface area contributed by atoms with Crippen molar-refractivity contribution in [3.63, 3.8) is 0 Å². The summed E-state index contributed by atoms with van der Waals surface area (Å²) in [5.74, 6) is -1.18. The number of thiazole rings is 2. The Kier molecular flexibility index (Phi) is 10.9. The second-order valence-corrected chi connectivity index (χ2v) is 13.8. The summed E-state index contributed by atoms with van der Waals surface area (Å²) < 4.78 is 16.4. The van der Waals surface area contributed by atoms with E-state index in [-0.39, 0.29) is 47.9 Å². The van der Waals surface area contributed by atoms with Crippen molar-refractivity contribution in [2.75, 3.05) is 13.2 Å². The number of benzene rings is 2. The van der Waals surface area contributed by atoms with Gasteiger partial charge in [-0.15, -0.1) is 22.7 Å². The standard InChI is InChI=1S/C37H36N6O7S2/c1-6-15-48-36(46)29-18-52-35(42-29)20(3)38-31(44)28-17-51-34(41-28)21(4)39-32(45)30-22(5)50-33(43-30)19(2)40-37(47)49-16-27-25-13-9-7-11-23(25)24-12-8-10-14-26(24)27/h6-14,17-21,27H,1,15-16H2,2-5H3,(H,38,44)(H,39,45)(H,40,47)/t19?,20-,21+/m1/s1. The Morgan fingerprint density at radius 1 is 0.808 bits per heavy atom. The van der Waals surface area contributed by atoms with Gasteiger partial charge >= 0.3 is 12.1 Å². The van der Waals surface area contributed by atoms with E-state index in [0.717, 1.165) is 22.3 Å². The van der Waals surface area contributed by atoms with E-state index < -0.39 is 42.0 Å². The monoisotopic (exact) mass is 740 g/mol. The molecule has 1 aliphatic carbocycles. The van der Waals surface area contributed by atoms with E-state index in [0.29, 0.717) is 10.0 Å². The fourth-order valence-electron chi connectivity index (χ4n) is 5.73. The fraction of sp³-hybridized carbons (Fsp3) is 0.270. The van der Waals surface area contributed by atoms with Crippen molar-refractivity contribution in [1.29, 1.82) is 0 Å². The van der Waals surface area contributed by atoms with Gasteiger partial charge in [-0.25, -0.2) is 24.5 Å². The average Bonchev–Trinajstić information content (AvgIpc) is 3.95. The summed E-state index contributed by atoms with van der Waals surface area (Å²) in [6, 6.07) is 14.4. The van der Waals surface area contributed by atoms with E-state index in [2.05, 4.69) is 49.6 Å². The van der Waals surface area contributed by atoms with Gasteiger partial charge in [-0.3, -0.25) is 9.59 Å². The number of oxazole rings is 1. The van der Waals surface area contributed by atoms with Gasteiger partial charge in [-0.2, -0.15) is 0 Å². The second-order valence-electron chi connectivity index (χ2n) is 12.1. The maximum absolute atomic E-state index is 13.2. The molecule has 1 aliphatic rings. The van der Waals surface area contributed by atoms with Crippen molar-refractivity contribution < 1.29 is 33.1 Å². The van der Waals surface area contributed by atoms with Crippen LogP contribution in [-0.4, -0.2) is 52.0 Å². The molecule has 2 aromatic carbocycles. The lowest BCUT2D eigenvalue weighted by atomic mass is 9.98. The number of aryl methyl sites for hydroxylation is 1. The smallest absolute Gasteiger partial charge is 0.407 e. The largest absolute Gasteiger partial charge is 0.457 e. The van der Waals surface area contributed by atoms with Crippen LogP contribution in [0.4, 0.5) is 4.79 Å². The first-order chi connectivity index (χ1) is 25.0. The van der Waals surface area contributed by atoms with Gasteiger partial charge in [-0.1, -0.05) is 61.2 Å². The molecule has 13 nitrogen and oxygen atoms in total. The van der Waals surface area contributed by atoms with Gasteiger partial charge in [0, 0.05) is 16.7 Å². The van der Waals surface area contributed by atoms with Crippen molar-refractivity contribution in [2.45, 2.75) is 51.7 Å². The van der Waals surface area contributed by atoms with Crippen LogP contribution in [0.15, 0.2) is 76.4 Å². The van der Waals surface area contributed by atoms with E-state index in [1.807, 2.05) is 36.4 Å². The van der Waals surface area contributed by atoms with Crippen LogP contribution >= 0.6 is 22.7 Å². The maximum Gasteiger partial charge on any atom is 0.407 e. The first kappa shape index (κ1) is 36.1. The van der Waals surface area contributed by atoms with Gasteiger partial charge in [0.2, 0.25) is 5.89 Å². The van der Waals surface area contributed by atoms with Crippen LogP contribution in [0.2, 0.25) is 0 Å². The minimum atomic E-state index is -0.683. The second kappa shape index (κ2) is 15.7. The van der Waals surface area contributed by atoms with Crippen LogP contribution in [0.25, 0.3) is 11.1 Å². The zero-order valence-electron chi connectivity index (χ0n) is 28.8. The molecule has 0 aliphatic heterocycles. The third kappa shape index (κ3) is 7.80. The molecule has 0 saturated carbocycles. The molecule has 0 spiro atoms. The SMILES string of the molecule is C=CCOC(=O)c1csc([C@@H](C)NC(=O)c2csc([C@H](C)NC(=O)c3nc(C(C)NC(=O)OCC4c5ccccc5-c5ccccc54)oc3C)n2)n1. The molecule has 3 amide bonds. The molecule has 0 radical (unpaired) electrons. The number of ether oxygens (including phenoxy) is 2. The number of hydrogen-bond acceptors (Lipinski definition) is 12. The molecule has 3 heterocycles. The highest BCUT2D eigenvalue weighted by Gasteiger charge is 2.30. The predicted octanol–water partition coefficient (Wildman–Crippen LogP) is 6.82. The highest BCUT2D eigenvalue weighted by atomic mass is 32.1. The summed E-state index contributed by atoms with van der Waals surface area (Å²) in [5, 5.41) is 12.6. The Balaban J connectivity index is 1.01. The average molecular weight is 741 g/mol. The zero-order chi connectivity index (χ0) is 36.9. The first-order valence-corrected chi connectivity index (χ1v) is 18.2. The number of nitrogens with one attached hydrogen (secondary N) is 3. The van der Waals surface area contributed by atoms with Gasteiger partial charge in [0.1, 0.15) is 40.7 Å². The summed E-state index contributed by atoms with van der Waals surface area (Å²) in [6.07, 6.45) is 0.828. The van der Waals surface area contributed by atoms with Crippen LogP contribution in [0.1, 0.15) is 109 Å². The number of aromatic nitrogens is 3. The lowest BCUT2D eigenvalue weighted by Crippen LogP contribution is -2.30. The topological polar surface area (TPSA) is 175 Å². The van der Waals surface area contributed by atoms with Gasteiger partial charge in [0.15, 0.2) is 11.4 Å². The Labute approximate surface area is 307 Å². The van der Waals surface area contributed by atoms with Crippen molar-refractivity contribution in [1.82, 2.24) is 30.9 Å².